The van der Waals surface area contributed by atoms with Crippen molar-refractivity contribution in [1.82, 2.24) is 4.72 Å². The van der Waals surface area contributed by atoms with Gasteiger partial charge in [-0.05, 0) is 38.0 Å². The first kappa shape index (κ1) is 21.1. The van der Waals surface area contributed by atoms with Crippen molar-refractivity contribution < 1.29 is 8.42 Å². The highest BCUT2D eigenvalue weighted by atomic mass is 127. The summed E-state index contributed by atoms with van der Waals surface area (Å²) in [6.07, 6.45) is 2.10. The van der Waals surface area contributed by atoms with Crippen molar-refractivity contribution in [1.29, 1.82) is 0 Å². The van der Waals surface area contributed by atoms with Crippen molar-refractivity contribution >= 4 is 45.6 Å². The SMILES string of the molecule is CCc1ccc(NC(N)=NCC(C)(C)NS(C)(=O)=O)cc1.I. The summed E-state index contributed by atoms with van der Waals surface area (Å²) < 4.78 is 25.0. The van der Waals surface area contributed by atoms with Crippen LogP contribution in [0.4, 0.5) is 5.69 Å². The molecule has 0 unspecified atom stereocenters. The summed E-state index contributed by atoms with van der Waals surface area (Å²) in [4.78, 5) is 4.17. The number of aryl methyl sites for hydroxylation is 1. The van der Waals surface area contributed by atoms with E-state index >= 15 is 0 Å². The van der Waals surface area contributed by atoms with Gasteiger partial charge in [0.1, 0.15) is 0 Å². The van der Waals surface area contributed by atoms with Crippen molar-refractivity contribution in [2.24, 2.45) is 10.7 Å². The average Bonchev–Trinajstić information content (AvgIpc) is 2.35. The first-order valence-corrected chi connectivity index (χ1v) is 8.65. The molecular formula is C14H25IN4O2S. The summed E-state index contributed by atoms with van der Waals surface area (Å²) in [5.41, 5.74) is 7.21. The summed E-state index contributed by atoms with van der Waals surface area (Å²) in [7, 11) is -3.28. The van der Waals surface area contributed by atoms with Crippen LogP contribution >= 0.6 is 24.0 Å². The number of nitrogens with zero attached hydrogens (tertiary/aromatic N) is 1. The fourth-order valence-corrected chi connectivity index (χ4v) is 2.90. The van der Waals surface area contributed by atoms with E-state index in [0.29, 0.717) is 0 Å². The van der Waals surface area contributed by atoms with Gasteiger partial charge in [0, 0.05) is 11.2 Å². The molecule has 0 radical (unpaired) electrons. The Morgan fingerprint density at radius 1 is 1.27 bits per heavy atom. The van der Waals surface area contributed by atoms with Crippen LogP contribution < -0.4 is 15.8 Å². The molecule has 8 heteroatoms. The maximum absolute atomic E-state index is 11.2. The average molecular weight is 440 g/mol. The molecule has 0 bridgehead atoms. The standard InChI is InChI=1S/C14H24N4O2S.HI/c1-5-11-6-8-12(9-7-11)17-13(15)16-10-14(2,3)18-21(4,19)20;/h6-9,18H,5,10H2,1-4H3,(H3,15,16,17);1H. The van der Waals surface area contributed by atoms with Crippen molar-refractivity contribution in [3.63, 3.8) is 0 Å². The number of nitrogens with two attached hydrogens (primary N) is 1. The predicted octanol–water partition coefficient (Wildman–Crippen LogP) is 1.92. The number of sulfonamides is 1. The smallest absolute Gasteiger partial charge is 0.209 e. The molecule has 0 aliphatic carbocycles. The van der Waals surface area contributed by atoms with Crippen LogP contribution in [0.15, 0.2) is 29.3 Å². The van der Waals surface area contributed by atoms with Crippen LogP contribution in [0.2, 0.25) is 0 Å². The van der Waals surface area contributed by atoms with Crippen LogP contribution in [0.1, 0.15) is 26.3 Å². The van der Waals surface area contributed by atoms with Gasteiger partial charge in [-0.1, -0.05) is 19.1 Å². The summed E-state index contributed by atoms with van der Waals surface area (Å²) in [5, 5.41) is 2.98. The summed E-state index contributed by atoms with van der Waals surface area (Å²) in [6, 6.07) is 7.90. The molecule has 1 rings (SSSR count). The third-order valence-electron chi connectivity index (χ3n) is 2.74. The molecule has 1 aromatic rings. The Labute approximate surface area is 150 Å². The van der Waals surface area contributed by atoms with E-state index in [2.05, 4.69) is 22.0 Å². The van der Waals surface area contributed by atoms with Crippen molar-refractivity contribution in [2.75, 3.05) is 18.1 Å². The van der Waals surface area contributed by atoms with Crippen LogP contribution in [0.25, 0.3) is 0 Å². The van der Waals surface area contributed by atoms with Gasteiger partial charge in [-0.3, -0.25) is 4.99 Å². The van der Waals surface area contributed by atoms with E-state index in [1.165, 1.54) is 5.56 Å². The number of halogens is 1. The van der Waals surface area contributed by atoms with Gasteiger partial charge >= 0.3 is 0 Å². The van der Waals surface area contributed by atoms with Gasteiger partial charge in [0.2, 0.25) is 10.0 Å². The molecular weight excluding hydrogens is 415 g/mol. The molecule has 0 saturated carbocycles. The monoisotopic (exact) mass is 440 g/mol. The Kier molecular flexibility index (Phi) is 8.34. The third kappa shape index (κ3) is 8.54. The lowest BCUT2D eigenvalue weighted by Gasteiger charge is -2.22. The molecule has 4 N–H and O–H groups in total. The minimum atomic E-state index is -3.28. The molecule has 6 nitrogen and oxygen atoms in total. The van der Waals surface area contributed by atoms with Crippen LogP contribution in [-0.4, -0.2) is 32.7 Å². The van der Waals surface area contributed by atoms with E-state index in [1.807, 2.05) is 24.3 Å². The van der Waals surface area contributed by atoms with E-state index in [1.54, 1.807) is 13.8 Å². The lowest BCUT2D eigenvalue weighted by atomic mass is 10.1. The summed E-state index contributed by atoms with van der Waals surface area (Å²) >= 11 is 0. The molecule has 126 valence electrons. The quantitative estimate of drug-likeness (QED) is 0.358. The zero-order valence-corrected chi connectivity index (χ0v) is 16.5. The highest BCUT2D eigenvalue weighted by molar-refractivity contribution is 14.0. The second kappa shape index (κ2) is 8.68. The Balaban J connectivity index is 0.00000441. The topological polar surface area (TPSA) is 96.6 Å². The Morgan fingerprint density at radius 3 is 2.27 bits per heavy atom. The molecule has 0 fully saturated rings. The van der Waals surface area contributed by atoms with E-state index in [4.69, 9.17) is 5.73 Å². The Bertz CT molecular complexity index is 598. The Hall–Kier alpha value is -0.870. The number of hydrogen-bond acceptors (Lipinski definition) is 3. The molecule has 22 heavy (non-hydrogen) atoms. The number of rotatable bonds is 6. The van der Waals surface area contributed by atoms with E-state index in [0.717, 1.165) is 18.4 Å². The maximum atomic E-state index is 11.2. The fourth-order valence-electron chi connectivity index (χ4n) is 1.83. The number of anilines is 1. The molecule has 0 amide bonds. The molecule has 0 aromatic heterocycles. The maximum Gasteiger partial charge on any atom is 0.209 e. The molecule has 0 saturated heterocycles. The first-order valence-electron chi connectivity index (χ1n) is 6.76. The van der Waals surface area contributed by atoms with E-state index in [9.17, 15) is 8.42 Å². The van der Waals surface area contributed by atoms with Gasteiger partial charge in [0.05, 0.1) is 12.8 Å². The summed E-state index contributed by atoms with van der Waals surface area (Å²) in [6.45, 7) is 5.84. The zero-order chi connectivity index (χ0) is 16.1. The van der Waals surface area contributed by atoms with Gasteiger partial charge in [-0.15, -0.1) is 24.0 Å². The minimum absolute atomic E-state index is 0. The van der Waals surface area contributed by atoms with Crippen LogP contribution in [-0.2, 0) is 16.4 Å². The number of aliphatic imine (C=N–C) groups is 1. The van der Waals surface area contributed by atoms with Crippen molar-refractivity contribution in [2.45, 2.75) is 32.7 Å². The highest BCUT2D eigenvalue weighted by Crippen LogP contribution is 2.10. The number of guanidine groups is 1. The lowest BCUT2D eigenvalue weighted by molar-refractivity contribution is 0.466. The van der Waals surface area contributed by atoms with Gasteiger partial charge in [0.25, 0.3) is 0 Å². The third-order valence-corrected chi connectivity index (χ3v) is 3.66. The Morgan fingerprint density at radius 2 is 1.82 bits per heavy atom. The molecule has 0 spiro atoms. The summed E-state index contributed by atoms with van der Waals surface area (Å²) in [5.74, 6) is 0.252. The first-order chi connectivity index (χ1) is 9.61. The van der Waals surface area contributed by atoms with Gasteiger partial charge in [0.15, 0.2) is 5.96 Å². The number of hydrogen-bond donors (Lipinski definition) is 3. The largest absolute Gasteiger partial charge is 0.370 e. The van der Waals surface area contributed by atoms with Crippen molar-refractivity contribution in [3.8, 4) is 0 Å². The number of benzene rings is 1. The molecule has 0 aliphatic heterocycles. The highest BCUT2D eigenvalue weighted by Gasteiger charge is 2.21. The molecule has 0 aliphatic rings. The van der Waals surface area contributed by atoms with Gasteiger partial charge in [-0.25, -0.2) is 13.1 Å². The minimum Gasteiger partial charge on any atom is -0.370 e. The zero-order valence-electron chi connectivity index (χ0n) is 13.4. The van der Waals surface area contributed by atoms with Crippen LogP contribution in [0.3, 0.4) is 0 Å². The second-order valence-electron chi connectivity index (χ2n) is 5.64. The predicted molar refractivity (Wildman–Crippen MR) is 103 cm³/mol. The van der Waals surface area contributed by atoms with Gasteiger partial charge < -0.3 is 11.1 Å². The van der Waals surface area contributed by atoms with Crippen LogP contribution in [0, 0.1) is 0 Å². The van der Waals surface area contributed by atoms with Gasteiger partial charge in [-0.2, -0.15) is 0 Å². The van der Waals surface area contributed by atoms with Crippen LogP contribution in [0.5, 0.6) is 0 Å². The fraction of sp³-hybridized carbons (Fsp3) is 0.500. The van der Waals surface area contributed by atoms with E-state index < -0.39 is 15.6 Å². The molecule has 0 atom stereocenters. The van der Waals surface area contributed by atoms with Crippen molar-refractivity contribution in [3.05, 3.63) is 29.8 Å². The second-order valence-corrected chi connectivity index (χ2v) is 7.38. The molecule has 1 aromatic carbocycles. The normalized spacial score (nSPS) is 12.6. The molecule has 0 heterocycles. The van der Waals surface area contributed by atoms with E-state index in [-0.39, 0.29) is 36.5 Å². The lowest BCUT2D eigenvalue weighted by Crippen LogP contribution is -2.45. The number of nitrogens with one attached hydrogen (secondary N) is 2.